The van der Waals surface area contributed by atoms with Gasteiger partial charge in [-0.1, -0.05) is 6.07 Å². The lowest BCUT2D eigenvalue weighted by atomic mass is 9.73. The second kappa shape index (κ2) is 8.49. The summed E-state index contributed by atoms with van der Waals surface area (Å²) in [6.45, 7) is 0.638. The fraction of sp³-hybridized carbons (Fsp3) is 0.647. The molecular weight excluding hydrogens is 329 g/mol. The van der Waals surface area contributed by atoms with E-state index in [4.69, 9.17) is 25.5 Å². The highest BCUT2D eigenvalue weighted by atomic mass is 19.3. The summed E-state index contributed by atoms with van der Waals surface area (Å²) >= 11 is 0. The molecule has 0 saturated heterocycles. The van der Waals surface area contributed by atoms with Crippen LogP contribution in [-0.2, 0) is 6.42 Å². The fourth-order valence-electron chi connectivity index (χ4n) is 2.87. The number of hydrogen-bond donors (Lipinski definition) is 2. The molecule has 0 spiro atoms. The van der Waals surface area contributed by atoms with Crippen LogP contribution in [0, 0.1) is 11.7 Å². The molecule has 1 aliphatic carbocycles. The Morgan fingerprint density at radius 3 is 2.60 bits per heavy atom. The molecule has 8 heteroatoms. The minimum atomic E-state index is -2.57. The number of halogens is 3. The highest BCUT2D eigenvalue weighted by Gasteiger charge is 2.35. The SMILES string of the molecule is [B]C([B])(O)NCCCc1ccc(F)c(OCC2CCC(F)(F)CC2)c1. The quantitative estimate of drug-likeness (QED) is 0.430. The summed E-state index contributed by atoms with van der Waals surface area (Å²) in [6, 6.07) is 4.60. The van der Waals surface area contributed by atoms with Crippen molar-refractivity contribution in [2.45, 2.75) is 50.0 Å². The molecule has 4 radical (unpaired) electrons. The van der Waals surface area contributed by atoms with Gasteiger partial charge in [0.25, 0.3) is 0 Å². The Labute approximate surface area is 149 Å². The molecule has 0 bridgehead atoms. The summed E-state index contributed by atoms with van der Waals surface area (Å²) < 4.78 is 45.7. The van der Waals surface area contributed by atoms with Crippen molar-refractivity contribution in [1.82, 2.24) is 5.32 Å². The van der Waals surface area contributed by atoms with Crippen molar-refractivity contribution < 1.29 is 23.0 Å². The second-order valence-electron chi connectivity index (χ2n) is 6.73. The van der Waals surface area contributed by atoms with E-state index in [-0.39, 0.29) is 31.1 Å². The highest BCUT2D eigenvalue weighted by molar-refractivity contribution is 6.38. The van der Waals surface area contributed by atoms with Crippen molar-refractivity contribution in [3.05, 3.63) is 29.6 Å². The first-order valence-corrected chi connectivity index (χ1v) is 8.49. The summed E-state index contributed by atoms with van der Waals surface area (Å²) in [6.07, 6.45) is 1.77. The van der Waals surface area contributed by atoms with Crippen LogP contribution < -0.4 is 10.1 Å². The molecule has 2 N–H and O–H groups in total. The molecule has 1 aromatic carbocycles. The predicted molar refractivity (Wildman–Crippen MR) is 91.6 cm³/mol. The Morgan fingerprint density at radius 2 is 1.96 bits per heavy atom. The largest absolute Gasteiger partial charge is 0.490 e. The Bertz CT molecular complexity index is 557. The van der Waals surface area contributed by atoms with E-state index in [1.165, 1.54) is 6.07 Å². The van der Waals surface area contributed by atoms with Crippen molar-refractivity contribution in [2.75, 3.05) is 13.2 Å². The summed E-state index contributed by atoms with van der Waals surface area (Å²) in [5, 5.41) is 11.7. The van der Waals surface area contributed by atoms with E-state index >= 15 is 0 Å². The normalized spacial score (nSPS) is 18.2. The number of benzene rings is 1. The molecule has 134 valence electrons. The van der Waals surface area contributed by atoms with E-state index in [2.05, 4.69) is 5.32 Å². The average molecular weight is 351 g/mol. The summed E-state index contributed by atoms with van der Waals surface area (Å²) in [4.78, 5) is 0. The minimum absolute atomic E-state index is 0.0265. The van der Waals surface area contributed by atoms with Crippen LogP contribution in [0.3, 0.4) is 0 Å². The number of alkyl halides is 2. The van der Waals surface area contributed by atoms with Crippen molar-refractivity contribution in [2.24, 2.45) is 5.92 Å². The van der Waals surface area contributed by atoms with Gasteiger partial charge in [0.2, 0.25) is 5.92 Å². The van der Waals surface area contributed by atoms with Gasteiger partial charge in [0, 0.05) is 18.4 Å². The van der Waals surface area contributed by atoms with Crippen LogP contribution in [0.15, 0.2) is 18.2 Å². The molecule has 1 aromatic rings. The smallest absolute Gasteiger partial charge is 0.248 e. The first-order chi connectivity index (χ1) is 11.6. The third-order valence-corrected chi connectivity index (χ3v) is 4.36. The zero-order chi connectivity index (χ0) is 18.5. The van der Waals surface area contributed by atoms with Gasteiger partial charge in [-0.15, -0.1) is 0 Å². The molecule has 1 saturated carbocycles. The number of nitrogens with one attached hydrogen (secondary N) is 1. The molecule has 0 atom stereocenters. The number of aliphatic hydroxyl groups is 1. The van der Waals surface area contributed by atoms with Gasteiger partial charge in [0.1, 0.15) is 15.7 Å². The fourth-order valence-corrected chi connectivity index (χ4v) is 2.87. The Morgan fingerprint density at radius 1 is 1.28 bits per heavy atom. The van der Waals surface area contributed by atoms with Crippen molar-refractivity contribution in [1.29, 1.82) is 0 Å². The van der Waals surface area contributed by atoms with Crippen LogP contribution in [0.5, 0.6) is 5.75 Å². The van der Waals surface area contributed by atoms with Crippen LogP contribution in [0.2, 0.25) is 0 Å². The number of ether oxygens (including phenoxy) is 1. The predicted octanol–water partition coefficient (Wildman–Crippen LogP) is 2.49. The van der Waals surface area contributed by atoms with E-state index in [9.17, 15) is 13.2 Å². The van der Waals surface area contributed by atoms with E-state index < -0.39 is 17.3 Å². The maximum Gasteiger partial charge on any atom is 0.248 e. The lowest BCUT2D eigenvalue weighted by Gasteiger charge is -2.28. The van der Waals surface area contributed by atoms with Gasteiger partial charge in [-0.25, -0.2) is 13.2 Å². The van der Waals surface area contributed by atoms with E-state index in [0.29, 0.717) is 32.2 Å². The standard InChI is InChI=1S/C17H22B2F3NO2/c18-17(19,24)23-9-1-2-12-3-4-14(20)15(10-12)25-11-13-5-7-16(21,22)8-6-13/h3-4,10,13,23-24H,1-2,5-9,11H2. The molecule has 0 amide bonds. The minimum Gasteiger partial charge on any atom is -0.490 e. The van der Waals surface area contributed by atoms with Crippen LogP contribution in [-0.4, -0.2) is 45.4 Å². The Hall–Kier alpha value is -1.14. The zero-order valence-electron chi connectivity index (χ0n) is 14.1. The van der Waals surface area contributed by atoms with E-state index in [0.717, 1.165) is 5.56 Å². The zero-order valence-corrected chi connectivity index (χ0v) is 14.1. The topological polar surface area (TPSA) is 41.5 Å². The van der Waals surface area contributed by atoms with Crippen LogP contribution in [0.1, 0.15) is 37.7 Å². The molecule has 2 rings (SSSR count). The Kier molecular flexibility index (Phi) is 6.86. The van der Waals surface area contributed by atoms with Gasteiger partial charge in [-0.2, -0.15) is 0 Å². The summed E-state index contributed by atoms with van der Waals surface area (Å²) in [5.74, 6) is -2.88. The average Bonchev–Trinajstić information content (AvgIpc) is 2.52. The second-order valence-corrected chi connectivity index (χ2v) is 6.73. The molecule has 0 unspecified atom stereocenters. The molecule has 1 fully saturated rings. The number of rotatable bonds is 8. The first-order valence-electron chi connectivity index (χ1n) is 8.49. The molecular formula is C17H22B2F3NO2. The first kappa shape index (κ1) is 20.2. The molecule has 1 aliphatic rings. The van der Waals surface area contributed by atoms with Crippen molar-refractivity contribution in [3.63, 3.8) is 0 Å². The van der Waals surface area contributed by atoms with Gasteiger partial charge in [-0.3, -0.25) is 0 Å². The molecule has 3 nitrogen and oxygen atoms in total. The lowest BCUT2D eigenvalue weighted by Crippen LogP contribution is -2.46. The Balaban J connectivity index is 1.80. The van der Waals surface area contributed by atoms with Gasteiger partial charge in [0.15, 0.2) is 11.6 Å². The third-order valence-electron chi connectivity index (χ3n) is 4.36. The molecule has 0 aromatic heterocycles. The number of hydrogen-bond acceptors (Lipinski definition) is 3. The maximum absolute atomic E-state index is 13.9. The van der Waals surface area contributed by atoms with Crippen molar-refractivity contribution >= 4 is 15.7 Å². The molecule has 0 aliphatic heterocycles. The van der Waals surface area contributed by atoms with Crippen LogP contribution in [0.25, 0.3) is 0 Å². The van der Waals surface area contributed by atoms with Gasteiger partial charge in [-0.05, 0) is 55.8 Å². The molecule has 0 heterocycles. The highest BCUT2D eigenvalue weighted by Crippen LogP contribution is 2.36. The van der Waals surface area contributed by atoms with E-state index in [1.807, 2.05) is 0 Å². The van der Waals surface area contributed by atoms with Crippen LogP contribution in [0.4, 0.5) is 13.2 Å². The van der Waals surface area contributed by atoms with E-state index in [1.54, 1.807) is 12.1 Å². The monoisotopic (exact) mass is 351 g/mol. The third kappa shape index (κ3) is 7.32. The summed E-state index contributed by atoms with van der Waals surface area (Å²) in [5.41, 5.74) is -1.04. The number of aryl methyl sites for hydroxylation is 1. The van der Waals surface area contributed by atoms with Gasteiger partial charge in [0.05, 0.1) is 6.61 Å². The summed E-state index contributed by atoms with van der Waals surface area (Å²) in [7, 11) is 10.4. The van der Waals surface area contributed by atoms with Gasteiger partial charge < -0.3 is 15.2 Å². The molecule has 25 heavy (non-hydrogen) atoms. The van der Waals surface area contributed by atoms with Crippen molar-refractivity contribution in [3.8, 4) is 5.75 Å². The maximum atomic E-state index is 13.9. The van der Waals surface area contributed by atoms with Gasteiger partial charge >= 0.3 is 0 Å². The van der Waals surface area contributed by atoms with Crippen LogP contribution >= 0.6 is 0 Å². The lowest BCUT2D eigenvalue weighted by molar-refractivity contribution is -0.0499.